The Balaban J connectivity index is 3.09. The summed E-state index contributed by atoms with van der Waals surface area (Å²) in [4.78, 5) is 11.2. The number of thioether (sulfide) groups is 1. The molecule has 0 bridgehead atoms. The van der Waals surface area contributed by atoms with Crippen LogP contribution in [-0.2, 0) is 9.53 Å². The van der Waals surface area contributed by atoms with Crippen LogP contribution in [0.3, 0.4) is 0 Å². The number of hydrogen-bond donors (Lipinski definition) is 1. The zero-order valence-electron chi connectivity index (χ0n) is 10.6. The Morgan fingerprint density at radius 3 is 2.69 bits per heavy atom. The molecular weight excluding hydrogens is 222 g/mol. The Morgan fingerprint density at radius 2 is 2.00 bits per heavy atom. The fourth-order valence-corrected chi connectivity index (χ4v) is 1.81. The highest BCUT2D eigenvalue weighted by Gasteiger charge is 1.99. The maximum atomic E-state index is 11.2. The Labute approximate surface area is 104 Å². The summed E-state index contributed by atoms with van der Waals surface area (Å²) in [7, 11) is 0. The van der Waals surface area contributed by atoms with Crippen molar-refractivity contribution < 1.29 is 9.53 Å². The van der Waals surface area contributed by atoms with Gasteiger partial charge in [0.25, 0.3) is 0 Å². The number of rotatable bonds is 11. The van der Waals surface area contributed by atoms with Crippen LogP contribution < -0.4 is 5.32 Å². The van der Waals surface area contributed by atoms with E-state index in [-0.39, 0.29) is 12.5 Å². The van der Waals surface area contributed by atoms with Crippen LogP contribution in [0.15, 0.2) is 0 Å². The molecule has 4 heteroatoms. The van der Waals surface area contributed by atoms with Crippen molar-refractivity contribution >= 4 is 17.7 Å². The molecule has 0 fully saturated rings. The average Bonchev–Trinajstić information content (AvgIpc) is 2.28. The van der Waals surface area contributed by atoms with Crippen molar-refractivity contribution in [1.82, 2.24) is 5.32 Å². The minimum Gasteiger partial charge on any atom is -0.372 e. The largest absolute Gasteiger partial charge is 0.372 e. The molecule has 0 radical (unpaired) electrons. The molecule has 0 saturated carbocycles. The van der Waals surface area contributed by atoms with Crippen LogP contribution in [0.25, 0.3) is 0 Å². The fourth-order valence-electron chi connectivity index (χ4n) is 1.31. The third kappa shape index (κ3) is 11.9. The number of nitrogens with one attached hydrogen (secondary N) is 1. The van der Waals surface area contributed by atoms with Gasteiger partial charge in [-0.2, -0.15) is 11.8 Å². The van der Waals surface area contributed by atoms with Crippen molar-refractivity contribution in [2.75, 3.05) is 31.8 Å². The van der Waals surface area contributed by atoms with Crippen LogP contribution in [0.4, 0.5) is 0 Å². The molecule has 1 N–H and O–H groups in total. The zero-order chi connectivity index (χ0) is 12.1. The van der Waals surface area contributed by atoms with Gasteiger partial charge in [0, 0.05) is 13.2 Å². The highest BCUT2D eigenvalue weighted by Crippen LogP contribution is 2.03. The minimum atomic E-state index is 0.0116. The first-order valence-corrected chi connectivity index (χ1v) is 7.54. The first-order chi connectivity index (χ1) is 7.81. The molecule has 0 unspecified atom stereocenters. The lowest BCUT2D eigenvalue weighted by atomic mass is 10.2. The molecule has 0 rings (SSSR count). The van der Waals surface area contributed by atoms with Gasteiger partial charge in [-0.05, 0) is 31.3 Å². The molecule has 0 atom stereocenters. The Kier molecular flexibility index (Phi) is 12.7. The molecule has 0 spiro atoms. The summed E-state index contributed by atoms with van der Waals surface area (Å²) in [5, 5.41) is 2.86. The van der Waals surface area contributed by atoms with Crippen molar-refractivity contribution in [3.8, 4) is 0 Å². The molecule has 0 heterocycles. The second kappa shape index (κ2) is 12.8. The molecule has 16 heavy (non-hydrogen) atoms. The second-order valence-corrected chi connectivity index (χ2v) is 4.80. The predicted octanol–water partition coefficient (Wildman–Crippen LogP) is 2.45. The Bertz CT molecular complexity index is 165. The first-order valence-electron chi connectivity index (χ1n) is 6.14. The number of hydrogen-bond acceptors (Lipinski definition) is 3. The van der Waals surface area contributed by atoms with Crippen molar-refractivity contribution in [1.29, 1.82) is 0 Å². The highest BCUT2D eigenvalue weighted by molar-refractivity contribution is 7.98. The normalized spacial score (nSPS) is 10.4. The molecular formula is C12H25NO2S. The van der Waals surface area contributed by atoms with Crippen molar-refractivity contribution in [2.45, 2.75) is 39.0 Å². The Hall–Kier alpha value is -0.220. The highest BCUT2D eigenvalue weighted by atomic mass is 32.2. The quantitative estimate of drug-likeness (QED) is 0.570. The number of ether oxygens (including phenoxy) is 1. The van der Waals surface area contributed by atoms with E-state index in [1.165, 1.54) is 25.0 Å². The van der Waals surface area contributed by atoms with Gasteiger partial charge in [-0.15, -0.1) is 0 Å². The predicted molar refractivity (Wildman–Crippen MR) is 71.0 cm³/mol. The SMILES string of the molecule is CCCOCC(=O)NCCCCCCSC. The minimum absolute atomic E-state index is 0.0116. The van der Waals surface area contributed by atoms with E-state index in [0.717, 1.165) is 19.4 Å². The summed E-state index contributed by atoms with van der Waals surface area (Å²) < 4.78 is 5.14. The smallest absolute Gasteiger partial charge is 0.245 e. The van der Waals surface area contributed by atoms with E-state index < -0.39 is 0 Å². The van der Waals surface area contributed by atoms with Gasteiger partial charge in [-0.25, -0.2) is 0 Å². The summed E-state index contributed by atoms with van der Waals surface area (Å²) >= 11 is 1.90. The molecule has 0 aliphatic heterocycles. The molecule has 0 saturated heterocycles. The number of carbonyl (C=O) groups excluding carboxylic acids is 1. The van der Waals surface area contributed by atoms with Gasteiger partial charge in [0.15, 0.2) is 0 Å². The standard InChI is InChI=1S/C12H25NO2S/c1-3-9-15-11-12(14)13-8-6-4-5-7-10-16-2/h3-11H2,1-2H3,(H,13,14). The molecule has 0 aliphatic rings. The summed E-state index contributed by atoms with van der Waals surface area (Å²) in [6.07, 6.45) is 7.93. The van der Waals surface area contributed by atoms with E-state index in [1.807, 2.05) is 18.7 Å². The summed E-state index contributed by atoms with van der Waals surface area (Å²) in [5.41, 5.74) is 0. The fraction of sp³-hybridized carbons (Fsp3) is 0.917. The third-order valence-electron chi connectivity index (χ3n) is 2.18. The van der Waals surface area contributed by atoms with E-state index >= 15 is 0 Å². The molecule has 0 aliphatic carbocycles. The summed E-state index contributed by atoms with van der Waals surface area (Å²) in [6, 6.07) is 0. The van der Waals surface area contributed by atoms with Gasteiger partial charge in [0.05, 0.1) is 0 Å². The first kappa shape index (κ1) is 15.8. The number of amides is 1. The van der Waals surface area contributed by atoms with Crippen LogP contribution in [0.5, 0.6) is 0 Å². The zero-order valence-corrected chi connectivity index (χ0v) is 11.4. The molecule has 0 aromatic carbocycles. The van der Waals surface area contributed by atoms with Gasteiger partial charge in [-0.3, -0.25) is 4.79 Å². The van der Waals surface area contributed by atoms with Crippen LogP contribution in [0.2, 0.25) is 0 Å². The van der Waals surface area contributed by atoms with Crippen molar-refractivity contribution in [2.24, 2.45) is 0 Å². The van der Waals surface area contributed by atoms with Crippen LogP contribution in [0.1, 0.15) is 39.0 Å². The summed E-state index contributed by atoms with van der Waals surface area (Å²) in [6.45, 7) is 3.70. The maximum Gasteiger partial charge on any atom is 0.245 e. The lowest BCUT2D eigenvalue weighted by Crippen LogP contribution is -2.28. The van der Waals surface area contributed by atoms with E-state index in [9.17, 15) is 4.79 Å². The second-order valence-electron chi connectivity index (χ2n) is 3.81. The van der Waals surface area contributed by atoms with Gasteiger partial charge in [0.1, 0.15) is 6.61 Å². The Morgan fingerprint density at radius 1 is 1.25 bits per heavy atom. The monoisotopic (exact) mass is 247 g/mol. The lowest BCUT2D eigenvalue weighted by Gasteiger charge is -2.05. The lowest BCUT2D eigenvalue weighted by molar-refractivity contribution is -0.125. The van der Waals surface area contributed by atoms with E-state index in [2.05, 4.69) is 11.6 Å². The van der Waals surface area contributed by atoms with Gasteiger partial charge in [0.2, 0.25) is 5.91 Å². The van der Waals surface area contributed by atoms with Gasteiger partial charge in [-0.1, -0.05) is 19.8 Å². The van der Waals surface area contributed by atoms with E-state index in [4.69, 9.17) is 4.74 Å². The van der Waals surface area contributed by atoms with Crippen LogP contribution in [-0.4, -0.2) is 37.7 Å². The van der Waals surface area contributed by atoms with Crippen molar-refractivity contribution in [3.05, 3.63) is 0 Å². The number of unbranched alkanes of at least 4 members (excludes halogenated alkanes) is 3. The average molecular weight is 247 g/mol. The molecule has 96 valence electrons. The van der Waals surface area contributed by atoms with E-state index in [1.54, 1.807) is 0 Å². The topological polar surface area (TPSA) is 38.3 Å². The van der Waals surface area contributed by atoms with Gasteiger partial charge >= 0.3 is 0 Å². The van der Waals surface area contributed by atoms with Crippen molar-refractivity contribution in [3.63, 3.8) is 0 Å². The maximum absolute atomic E-state index is 11.2. The molecule has 0 aromatic rings. The van der Waals surface area contributed by atoms with E-state index in [0.29, 0.717) is 6.61 Å². The van der Waals surface area contributed by atoms with Crippen LogP contribution >= 0.6 is 11.8 Å². The number of carbonyl (C=O) groups is 1. The van der Waals surface area contributed by atoms with Gasteiger partial charge < -0.3 is 10.1 Å². The third-order valence-corrected chi connectivity index (χ3v) is 2.88. The molecule has 3 nitrogen and oxygen atoms in total. The molecule has 1 amide bonds. The molecule has 0 aromatic heterocycles. The van der Waals surface area contributed by atoms with Crippen LogP contribution in [0, 0.1) is 0 Å². The summed E-state index contributed by atoms with van der Waals surface area (Å²) in [5.74, 6) is 1.26.